The average Bonchev–Trinajstić information content (AvgIpc) is 2.42. The fourth-order valence-corrected chi connectivity index (χ4v) is 2.41. The SMILES string of the molecule is CC1COCC(C)N1CC(O)COc1ccc(F)cc1. The molecule has 1 aromatic rings. The first-order valence-corrected chi connectivity index (χ1v) is 6.96. The van der Waals surface area contributed by atoms with Crippen molar-refractivity contribution in [1.82, 2.24) is 4.90 Å². The minimum Gasteiger partial charge on any atom is -0.491 e. The molecule has 1 fully saturated rings. The number of ether oxygens (including phenoxy) is 2. The molecule has 112 valence electrons. The summed E-state index contributed by atoms with van der Waals surface area (Å²) in [6.45, 7) is 6.30. The lowest BCUT2D eigenvalue weighted by Crippen LogP contribution is -2.52. The lowest BCUT2D eigenvalue weighted by atomic mass is 10.1. The van der Waals surface area contributed by atoms with E-state index < -0.39 is 6.10 Å². The van der Waals surface area contributed by atoms with E-state index in [-0.39, 0.29) is 12.4 Å². The standard InChI is InChI=1S/C15H22FNO3/c1-11-8-19-9-12(2)17(11)7-14(18)10-20-15-5-3-13(16)4-6-15/h3-6,11-12,14,18H,7-10H2,1-2H3. The van der Waals surface area contributed by atoms with E-state index in [4.69, 9.17) is 9.47 Å². The summed E-state index contributed by atoms with van der Waals surface area (Å²) >= 11 is 0. The van der Waals surface area contributed by atoms with Crippen LogP contribution in [0.25, 0.3) is 0 Å². The van der Waals surface area contributed by atoms with E-state index in [2.05, 4.69) is 18.7 Å². The van der Waals surface area contributed by atoms with Gasteiger partial charge in [0.2, 0.25) is 0 Å². The fraction of sp³-hybridized carbons (Fsp3) is 0.600. The molecule has 3 unspecified atom stereocenters. The lowest BCUT2D eigenvalue weighted by Gasteiger charge is -2.39. The minimum absolute atomic E-state index is 0.197. The molecule has 0 saturated carbocycles. The summed E-state index contributed by atoms with van der Waals surface area (Å²) < 4.78 is 23.7. The number of halogens is 1. The fourth-order valence-electron chi connectivity index (χ4n) is 2.41. The van der Waals surface area contributed by atoms with Gasteiger partial charge in [0.1, 0.15) is 24.3 Å². The molecule has 0 radical (unpaired) electrons. The van der Waals surface area contributed by atoms with Crippen LogP contribution >= 0.6 is 0 Å². The highest BCUT2D eigenvalue weighted by Gasteiger charge is 2.27. The van der Waals surface area contributed by atoms with Crippen LogP contribution in [0.2, 0.25) is 0 Å². The normalized spacial score (nSPS) is 25.4. The van der Waals surface area contributed by atoms with Crippen LogP contribution in [0.15, 0.2) is 24.3 Å². The van der Waals surface area contributed by atoms with Gasteiger partial charge >= 0.3 is 0 Å². The maximum absolute atomic E-state index is 12.8. The Morgan fingerprint density at radius 1 is 1.30 bits per heavy atom. The van der Waals surface area contributed by atoms with Gasteiger partial charge in [0.25, 0.3) is 0 Å². The molecule has 1 saturated heterocycles. The Morgan fingerprint density at radius 3 is 2.50 bits per heavy atom. The van der Waals surface area contributed by atoms with Gasteiger partial charge in [0, 0.05) is 18.6 Å². The van der Waals surface area contributed by atoms with E-state index in [1.165, 1.54) is 12.1 Å². The largest absolute Gasteiger partial charge is 0.491 e. The van der Waals surface area contributed by atoms with Gasteiger partial charge in [-0.3, -0.25) is 4.90 Å². The van der Waals surface area contributed by atoms with Gasteiger partial charge in [-0.05, 0) is 38.1 Å². The molecule has 0 spiro atoms. The van der Waals surface area contributed by atoms with Gasteiger partial charge < -0.3 is 14.6 Å². The van der Waals surface area contributed by atoms with Crippen molar-refractivity contribution in [2.75, 3.05) is 26.4 Å². The van der Waals surface area contributed by atoms with Crippen LogP contribution in [0.5, 0.6) is 5.75 Å². The van der Waals surface area contributed by atoms with Crippen LogP contribution in [0.4, 0.5) is 4.39 Å². The zero-order chi connectivity index (χ0) is 14.5. The summed E-state index contributed by atoms with van der Waals surface area (Å²) in [4.78, 5) is 2.22. The highest BCUT2D eigenvalue weighted by Crippen LogP contribution is 2.15. The Morgan fingerprint density at radius 2 is 1.90 bits per heavy atom. The predicted octanol–water partition coefficient (Wildman–Crippen LogP) is 1.67. The topological polar surface area (TPSA) is 41.9 Å². The number of nitrogens with zero attached hydrogens (tertiary/aromatic N) is 1. The maximum atomic E-state index is 12.8. The van der Waals surface area contributed by atoms with Crippen molar-refractivity contribution in [3.8, 4) is 5.75 Å². The van der Waals surface area contributed by atoms with Gasteiger partial charge in [-0.1, -0.05) is 0 Å². The van der Waals surface area contributed by atoms with Crippen molar-refractivity contribution < 1.29 is 19.0 Å². The first kappa shape index (κ1) is 15.2. The monoisotopic (exact) mass is 283 g/mol. The zero-order valence-electron chi connectivity index (χ0n) is 12.0. The second-order valence-electron chi connectivity index (χ2n) is 5.35. The molecule has 20 heavy (non-hydrogen) atoms. The lowest BCUT2D eigenvalue weighted by molar-refractivity contribution is -0.0579. The summed E-state index contributed by atoms with van der Waals surface area (Å²) in [5, 5.41) is 10.1. The van der Waals surface area contributed by atoms with Gasteiger partial charge in [-0.2, -0.15) is 0 Å². The highest BCUT2D eigenvalue weighted by atomic mass is 19.1. The number of hydrogen-bond donors (Lipinski definition) is 1. The van der Waals surface area contributed by atoms with Crippen molar-refractivity contribution in [3.05, 3.63) is 30.1 Å². The summed E-state index contributed by atoms with van der Waals surface area (Å²) in [5.41, 5.74) is 0. The number of benzene rings is 1. The molecule has 0 amide bonds. The summed E-state index contributed by atoms with van der Waals surface area (Å²) in [5.74, 6) is 0.266. The van der Waals surface area contributed by atoms with Crippen LogP contribution < -0.4 is 4.74 Å². The van der Waals surface area contributed by atoms with Gasteiger partial charge in [-0.25, -0.2) is 4.39 Å². The molecule has 1 aromatic carbocycles. The molecule has 5 heteroatoms. The molecule has 0 aliphatic carbocycles. The first-order valence-electron chi connectivity index (χ1n) is 6.96. The number of aliphatic hydroxyl groups excluding tert-OH is 1. The molecular formula is C15H22FNO3. The molecule has 1 aliphatic heterocycles. The third-order valence-corrected chi connectivity index (χ3v) is 3.53. The third kappa shape index (κ3) is 4.16. The van der Waals surface area contributed by atoms with Crippen LogP contribution in [-0.4, -0.2) is 54.6 Å². The van der Waals surface area contributed by atoms with Crippen LogP contribution in [0.1, 0.15) is 13.8 Å². The quantitative estimate of drug-likeness (QED) is 0.892. The van der Waals surface area contributed by atoms with E-state index in [9.17, 15) is 9.50 Å². The molecule has 1 aliphatic rings. The first-order chi connectivity index (χ1) is 9.56. The van der Waals surface area contributed by atoms with E-state index in [0.717, 1.165) is 0 Å². The molecule has 3 atom stereocenters. The van der Waals surface area contributed by atoms with Crippen LogP contribution in [0, 0.1) is 5.82 Å². The zero-order valence-corrected chi connectivity index (χ0v) is 12.0. The number of β-amino-alcohol motifs (C(OH)–C–C–N with tert-alkyl or cyclic N) is 1. The van der Waals surface area contributed by atoms with E-state index in [0.29, 0.717) is 37.6 Å². The number of rotatable bonds is 5. The number of aliphatic hydroxyl groups is 1. The molecule has 2 rings (SSSR count). The Hall–Kier alpha value is -1.17. The Bertz CT molecular complexity index is 402. The van der Waals surface area contributed by atoms with Crippen molar-refractivity contribution in [3.63, 3.8) is 0 Å². The summed E-state index contributed by atoms with van der Waals surface area (Å²) in [6.07, 6.45) is -0.581. The summed E-state index contributed by atoms with van der Waals surface area (Å²) in [6, 6.07) is 6.38. The van der Waals surface area contributed by atoms with Gasteiger partial charge in [-0.15, -0.1) is 0 Å². The number of morpholine rings is 1. The van der Waals surface area contributed by atoms with E-state index >= 15 is 0 Å². The summed E-state index contributed by atoms with van der Waals surface area (Å²) in [7, 11) is 0. The van der Waals surface area contributed by atoms with Crippen molar-refractivity contribution in [1.29, 1.82) is 0 Å². The van der Waals surface area contributed by atoms with Crippen LogP contribution in [0.3, 0.4) is 0 Å². The minimum atomic E-state index is -0.581. The van der Waals surface area contributed by atoms with Crippen LogP contribution in [-0.2, 0) is 4.74 Å². The van der Waals surface area contributed by atoms with Crippen molar-refractivity contribution >= 4 is 0 Å². The van der Waals surface area contributed by atoms with Gasteiger partial charge in [0.15, 0.2) is 0 Å². The molecular weight excluding hydrogens is 261 g/mol. The predicted molar refractivity (Wildman–Crippen MR) is 74.4 cm³/mol. The second kappa shape index (κ2) is 7.02. The maximum Gasteiger partial charge on any atom is 0.123 e. The van der Waals surface area contributed by atoms with E-state index in [1.54, 1.807) is 12.1 Å². The van der Waals surface area contributed by atoms with E-state index in [1.807, 2.05) is 0 Å². The molecule has 1 heterocycles. The molecule has 0 aromatic heterocycles. The third-order valence-electron chi connectivity index (χ3n) is 3.53. The Balaban J connectivity index is 1.79. The number of hydrogen-bond acceptors (Lipinski definition) is 4. The second-order valence-corrected chi connectivity index (χ2v) is 5.35. The Labute approximate surface area is 119 Å². The molecule has 0 bridgehead atoms. The molecule has 4 nitrogen and oxygen atoms in total. The molecule has 1 N–H and O–H groups in total. The smallest absolute Gasteiger partial charge is 0.123 e. The van der Waals surface area contributed by atoms with Crippen molar-refractivity contribution in [2.24, 2.45) is 0 Å². The van der Waals surface area contributed by atoms with Gasteiger partial charge in [0.05, 0.1) is 13.2 Å². The highest BCUT2D eigenvalue weighted by molar-refractivity contribution is 5.22. The van der Waals surface area contributed by atoms with Crippen molar-refractivity contribution in [2.45, 2.75) is 32.0 Å². The Kier molecular flexibility index (Phi) is 5.34. The average molecular weight is 283 g/mol.